The molecule has 1 aromatic rings. The van der Waals surface area contributed by atoms with Crippen molar-refractivity contribution in [2.45, 2.75) is 31.5 Å². The van der Waals surface area contributed by atoms with Gasteiger partial charge in [0.1, 0.15) is 11.8 Å². The Balaban J connectivity index is 2.57. The van der Waals surface area contributed by atoms with Gasteiger partial charge in [-0.25, -0.2) is 4.39 Å². The molecule has 3 atom stereocenters. The van der Waals surface area contributed by atoms with Crippen molar-refractivity contribution in [1.82, 2.24) is 0 Å². The Kier molecular flexibility index (Phi) is 1.70. The summed E-state index contributed by atoms with van der Waals surface area (Å²) in [6.07, 6.45) is -0.973. The lowest BCUT2D eigenvalue weighted by molar-refractivity contribution is 0.00356. The van der Waals surface area contributed by atoms with Crippen LogP contribution in [0.1, 0.15) is 37.0 Å². The number of rotatable bonds is 0. The van der Waals surface area contributed by atoms with Gasteiger partial charge >= 0.3 is 0 Å². The lowest BCUT2D eigenvalue weighted by atomic mass is 9.92. The molecule has 0 aliphatic heterocycles. The minimum atomic E-state index is -1.52. The molecular weight excluding hydrogens is 167 g/mol. The average Bonchev–Trinajstić information content (AvgIpc) is 2.30. The van der Waals surface area contributed by atoms with Crippen LogP contribution in [-0.4, -0.2) is 10.8 Å². The van der Waals surface area contributed by atoms with E-state index in [1.54, 1.807) is 6.07 Å². The van der Waals surface area contributed by atoms with Crippen LogP contribution in [-0.2, 0) is 0 Å². The highest BCUT2D eigenvalue weighted by Crippen LogP contribution is 2.49. The molecule has 0 aromatic heterocycles. The quantitative estimate of drug-likeness (QED) is 0.650. The number of hydrogen-bond acceptors (Lipinski definition) is 1. The summed E-state index contributed by atoms with van der Waals surface area (Å²) < 4.78 is 13.9. The molecule has 70 valence electrons. The molecule has 0 spiro atoms. The van der Waals surface area contributed by atoms with E-state index in [2.05, 4.69) is 0 Å². The molecule has 13 heavy (non-hydrogen) atoms. The van der Waals surface area contributed by atoms with Gasteiger partial charge in [-0.1, -0.05) is 31.2 Å². The Morgan fingerprint density at radius 3 is 2.38 bits per heavy atom. The molecule has 0 heterocycles. The van der Waals surface area contributed by atoms with Crippen LogP contribution in [0.3, 0.4) is 0 Å². The van der Waals surface area contributed by atoms with Gasteiger partial charge < -0.3 is 5.11 Å². The summed E-state index contributed by atoms with van der Waals surface area (Å²) in [6, 6.07) is 7.38. The highest BCUT2D eigenvalue weighted by molar-refractivity contribution is 5.41. The van der Waals surface area contributed by atoms with Crippen molar-refractivity contribution in [2.24, 2.45) is 0 Å². The number of benzene rings is 1. The van der Waals surface area contributed by atoms with E-state index >= 15 is 0 Å². The first-order valence-corrected chi connectivity index (χ1v) is 4.51. The van der Waals surface area contributed by atoms with Crippen molar-refractivity contribution >= 4 is 0 Å². The van der Waals surface area contributed by atoms with Gasteiger partial charge in [0.25, 0.3) is 0 Å². The first kappa shape index (κ1) is 8.70. The second-order valence-electron chi connectivity index (χ2n) is 3.90. The third-order valence-electron chi connectivity index (χ3n) is 3.14. The van der Waals surface area contributed by atoms with Crippen molar-refractivity contribution < 1.29 is 9.50 Å². The monoisotopic (exact) mass is 180 g/mol. The van der Waals surface area contributed by atoms with E-state index in [1.165, 1.54) is 6.92 Å². The summed E-state index contributed by atoms with van der Waals surface area (Å²) in [5.41, 5.74) is 0.143. The fraction of sp³-hybridized carbons (Fsp3) is 0.455. The van der Waals surface area contributed by atoms with Gasteiger partial charge in [-0.2, -0.15) is 0 Å². The highest BCUT2D eigenvalue weighted by atomic mass is 19.1. The predicted molar refractivity (Wildman–Crippen MR) is 49.3 cm³/mol. The Hall–Kier alpha value is -0.890. The van der Waals surface area contributed by atoms with Crippen LogP contribution < -0.4 is 0 Å². The molecule has 1 unspecified atom stereocenters. The zero-order valence-electron chi connectivity index (χ0n) is 7.79. The number of alkyl halides is 1. The van der Waals surface area contributed by atoms with Gasteiger partial charge in [0.05, 0.1) is 0 Å². The highest BCUT2D eigenvalue weighted by Gasteiger charge is 2.47. The van der Waals surface area contributed by atoms with Crippen molar-refractivity contribution in [2.75, 3.05) is 0 Å². The number of aliphatic hydroxyl groups is 1. The molecule has 0 saturated heterocycles. The molecule has 1 aliphatic carbocycles. The maximum absolute atomic E-state index is 13.9. The summed E-state index contributed by atoms with van der Waals surface area (Å²) >= 11 is 0. The van der Waals surface area contributed by atoms with Gasteiger partial charge in [0.2, 0.25) is 0 Å². The molecule has 0 fully saturated rings. The van der Waals surface area contributed by atoms with E-state index in [4.69, 9.17) is 0 Å². The molecule has 0 saturated carbocycles. The molecule has 1 N–H and O–H groups in total. The Morgan fingerprint density at radius 1 is 1.31 bits per heavy atom. The fourth-order valence-corrected chi connectivity index (χ4v) is 2.00. The van der Waals surface area contributed by atoms with Gasteiger partial charge in [-0.15, -0.1) is 0 Å². The SMILES string of the molecule is C[C@@H]1c2ccccc2[C@H](O)C1(C)F. The van der Waals surface area contributed by atoms with Crippen LogP contribution in [0, 0.1) is 0 Å². The molecule has 0 radical (unpaired) electrons. The van der Waals surface area contributed by atoms with Crippen molar-refractivity contribution in [3.63, 3.8) is 0 Å². The maximum atomic E-state index is 13.9. The number of halogens is 1. The molecular formula is C11H13FO. The van der Waals surface area contributed by atoms with E-state index in [0.717, 1.165) is 11.1 Å². The molecule has 1 aliphatic rings. The smallest absolute Gasteiger partial charge is 0.144 e. The van der Waals surface area contributed by atoms with Crippen LogP contribution in [0.25, 0.3) is 0 Å². The average molecular weight is 180 g/mol. The maximum Gasteiger partial charge on any atom is 0.144 e. The molecule has 0 bridgehead atoms. The fourth-order valence-electron chi connectivity index (χ4n) is 2.00. The zero-order chi connectivity index (χ0) is 9.64. The minimum Gasteiger partial charge on any atom is -0.385 e. The number of aliphatic hydroxyl groups excluding tert-OH is 1. The van der Waals surface area contributed by atoms with E-state index < -0.39 is 11.8 Å². The summed E-state index contributed by atoms with van der Waals surface area (Å²) in [5, 5.41) is 9.70. The first-order valence-electron chi connectivity index (χ1n) is 4.51. The number of hydrogen-bond donors (Lipinski definition) is 1. The van der Waals surface area contributed by atoms with Crippen LogP contribution >= 0.6 is 0 Å². The van der Waals surface area contributed by atoms with E-state index in [1.807, 2.05) is 25.1 Å². The van der Waals surface area contributed by atoms with Crippen molar-refractivity contribution in [3.05, 3.63) is 35.4 Å². The first-order chi connectivity index (χ1) is 6.05. The molecule has 0 amide bonds. The van der Waals surface area contributed by atoms with Crippen LogP contribution in [0.15, 0.2) is 24.3 Å². The lowest BCUT2D eigenvalue weighted by Crippen LogP contribution is -2.26. The standard InChI is InChI=1S/C11H13FO/c1-7-8-5-3-4-6-9(8)10(13)11(7,2)12/h3-7,10,13H,1-2H3/t7-,10+,11?/m1/s1. The van der Waals surface area contributed by atoms with Gasteiger partial charge in [0.15, 0.2) is 0 Å². The van der Waals surface area contributed by atoms with E-state index in [9.17, 15) is 9.50 Å². The second-order valence-corrected chi connectivity index (χ2v) is 3.90. The third kappa shape index (κ3) is 1.02. The van der Waals surface area contributed by atoms with Crippen LogP contribution in [0.5, 0.6) is 0 Å². The molecule has 1 aromatic carbocycles. The van der Waals surface area contributed by atoms with Gasteiger partial charge in [-0.3, -0.25) is 0 Å². The van der Waals surface area contributed by atoms with Crippen molar-refractivity contribution in [1.29, 1.82) is 0 Å². The van der Waals surface area contributed by atoms with Gasteiger partial charge in [0, 0.05) is 5.92 Å². The van der Waals surface area contributed by atoms with Gasteiger partial charge in [-0.05, 0) is 18.1 Å². The Labute approximate surface area is 77.2 Å². The molecule has 2 rings (SSSR count). The summed E-state index contributed by atoms with van der Waals surface area (Å²) in [6.45, 7) is 3.28. The Morgan fingerprint density at radius 2 is 1.85 bits per heavy atom. The predicted octanol–water partition coefficient (Wildman–Crippen LogP) is 2.57. The minimum absolute atomic E-state index is 0.223. The van der Waals surface area contributed by atoms with Crippen molar-refractivity contribution in [3.8, 4) is 0 Å². The lowest BCUT2D eigenvalue weighted by Gasteiger charge is -2.22. The zero-order valence-corrected chi connectivity index (χ0v) is 7.79. The Bertz CT molecular complexity index is 302. The van der Waals surface area contributed by atoms with E-state index in [0.29, 0.717) is 0 Å². The topological polar surface area (TPSA) is 20.2 Å². The number of fused-ring (bicyclic) bond motifs is 1. The summed E-state index contributed by atoms with van der Waals surface area (Å²) in [5.74, 6) is -0.223. The molecule has 1 nitrogen and oxygen atoms in total. The normalized spacial score (nSPS) is 37.5. The van der Waals surface area contributed by atoms with Crippen LogP contribution in [0.2, 0.25) is 0 Å². The van der Waals surface area contributed by atoms with E-state index in [-0.39, 0.29) is 5.92 Å². The van der Waals surface area contributed by atoms with Crippen LogP contribution in [0.4, 0.5) is 4.39 Å². The molecule has 2 heteroatoms. The largest absolute Gasteiger partial charge is 0.385 e. The second kappa shape index (κ2) is 2.55. The summed E-state index contributed by atoms with van der Waals surface area (Å²) in [7, 11) is 0. The third-order valence-corrected chi connectivity index (χ3v) is 3.14. The summed E-state index contributed by atoms with van der Waals surface area (Å²) in [4.78, 5) is 0.